The molecular weight excluding hydrogens is 342 g/mol. The van der Waals surface area contributed by atoms with Crippen molar-refractivity contribution in [3.8, 4) is 11.5 Å². The van der Waals surface area contributed by atoms with E-state index in [9.17, 15) is 4.79 Å². The molecule has 4 aromatic rings. The van der Waals surface area contributed by atoms with Crippen LogP contribution in [0.15, 0.2) is 53.2 Å². The number of benzene rings is 1. The van der Waals surface area contributed by atoms with Crippen molar-refractivity contribution in [2.75, 3.05) is 0 Å². The number of hydrogen-bond donors (Lipinski definition) is 2. The number of carbonyl (C=O) groups excluding carboxylic acids is 1. The average Bonchev–Trinajstić information content (AvgIpc) is 3.33. The highest BCUT2D eigenvalue weighted by Gasteiger charge is 2.11. The van der Waals surface area contributed by atoms with E-state index in [1.165, 1.54) is 0 Å². The quantitative estimate of drug-likeness (QED) is 0.548. The van der Waals surface area contributed by atoms with Crippen LogP contribution in [0.1, 0.15) is 35.2 Å². The number of rotatable bonds is 6. The molecule has 1 amide bonds. The lowest BCUT2D eigenvalue weighted by Gasteiger charge is -2.02. The van der Waals surface area contributed by atoms with Gasteiger partial charge in [0.05, 0.1) is 23.3 Å². The van der Waals surface area contributed by atoms with Gasteiger partial charge in [-0.1, -0.05) is 24.6 Å². The van der Waals surface area contributed by atoms with Gasteiger partial charge < -0.3 is 14.8 Å². The fourth-order valence-corrected chi connectivity index (χ4v) is 2.86. The van der Waals surface area contributed by atoms with Crippen LogP contribution in [0.4, 0.5) is 0 Å². The molecule has 0 unspecified atom stereocenters. The lowest BCUT2D eigenvalue weighted by molar-refractivity contribution is 0.0947. The summed E-state index contributed by atoms with van der Waals surface area (Å²) in [5.74, 6) is 1.14. The Kier molecular flexibility index (Phi) is 4.65. The largest absolute Gasteiger partial charge is 0.359 e. The minimum atomic E-state index is -0.181. The summed E-state index contributed by atoms with van der Waals surface area (Å²) in [6.07, 6.45) is 3.59. The van der Waals surface area contributed by atoms with E-state index in [1.54, 1.807) is 18.3 Å². The van der Waals surface area contributed by atoms with Gasteiger partial charge in [-0.3, -0.25) is 9.78 Å². The number of imidazole rings is 1. The molecule has 1 aromatic carbocycles. The first kappa shape index (κ1) is 17.0. The molecule has 27 heavy (non-hydrogen) atoms. The molecule has 0 spiro atoms. The number of amides is 1. The van der Waals surface area contributed by atoms with Crippen molar-refractivity contribution in [2.24, 2.45) is 0 Å². The maximum absolute atomic E-state index is 12.5. The molecule has 7 heteroatoms. The van der Waals surface area contributed by atoms with Crippen LogP contribution in [0.5, 0.6) is 0 Å². The second kappa shape index (κ2) is 7.41. The van der Waals surface area contributed by atoms with Crippen molar-refractivity contribution in [1.29, 1.82) is 0 Å². The standard InChI is InChI=1S/C20H19N5O2/c1-2-5-14-11-15(27-25-14)12-22-20(26)13-7-8-16-18(10-13)24-19(23-16)17-6-3-4-9-21-17/h3-4,6-11H,2,5,12H2,1H3,(H,22,26)(H,23,24). The number of aryl methyl sites for hydroxylation is 1. The first-order valence-electron chi connectivity index (χ1n) is 8.87. The predicted octanol–water partition coefficient (Wildman–Crippen LogP) is 3.50. The molecule has 7 nitrogen and oxygen atoms in total. The molecular formula is C20H19N5O2. The van der Waals surface area contributed by atoms with E-state index in [0.717, 1.165) is 35.3 Å². The fraction of sp³-hybridized carbons (Fsp3) is 0.200. The number of carbonyl (C=O) groups is 1. The van der Waals surface area contributed by atoms with Crippen molar-refractivity contribution >= 4 is 16.9 Å². The zero-order chi connectivity index (χ0) is 18.6. The van der Waals surface area contributed by atoms with Gasteiger partial charge in [-0.05, 0) is 36.8 Å². The molecule has 3 aromatic heterocycles. The summed E-state index contributed by atoms with van der Waals surface area (Å²) in [5, 5.41) is 6.84. The van der Waals surface area contributed by atoms with Crippen LogP contribution >= 0.6 is 0 Å². The summed E-state index contributed by atoms with van der Waals surface area (Å²) in [7, 11) is 0. The van der Waals surface area contributed by atoms with Crippen molar-refractivity contribution in [3.63, 3.8) is 0 Å². The molecule has 0 saturated carbocycles. The monoisotopic (exact) mass is 361 g/mol. The van der Waals surface area contributed by atoms with Gasteiger partial charge in [0.1, 0.15) is 5.69 Å². The van der Waals surface area contributed by atoms with E-state index in [1.807, 2.05) is 30.3 Å². The number of H-pyrrole nitrogens is 1. The van der Waals surface area contributed by atoms with Crippen molar-refractivity contribution < 1.29 is 9.32 Å². The molecule has 2 N–H and O–H groups in total. The minimum Gasteiger partial charge on any atom is -0.359 e. The van der Waals surface area contributed by atoms with E-state index in [-0.39, 0.29) is 5.91 Å². The third-order valence-corrected chi connectivity index (χ3v) is 4.19. The Bertz CT molecular complexity index is 1070. The second-order valence-corrected chi connectivity index (χ2v) is 6.25. The van der Waals surface area contributed by atoms with Gasteiger partial charge in [-0.2, -0.15) is 0 Å². The Morgan fingerprint density at radius 1 is 1.22 bits per heavy atom. The Balaban J connectivity index is 1.48. The van der Waals surface area contributed by atoms with Crippen molar-refractivity contribution in [2.45, 2.75) is 26.3 Å². The van der Waals surface area contributed by atoms with Crippen LogP contribution in [0, 0.1) is 0 Å². The van der Waals surface area contributed by atoms with Crippen LogP contribution in [0.25, 0.3) is 22.6 Å². The van der Waals surface area contributed by atoms with Crippen LogP contribution in [0.3, 0.4) is 0 Å². The van der Waals surface area contributed by atoms with Crippen LogP contribution in [0.2, 0.25) is 0 Å². The predicted molar refractivity (Wildman–Crippen MR) is 101 cm³/mol. The van der Waals surface area contributed by atoms with Gasteiger partial charge in [-0.15, -0.1) is 0 Å². The van der Waals surface area contributed by atoms with Gasteiger partial charge in [0.2, 0.25) is 0 Å². The van der Waals surface area contributed by atoms with E-state index in [2.05, 4.69) is 32.3 Å². The molecule has 0 bridgehead atoms. The van der Waals surface area contributed by atoms with Crippen LogP contribution < -0.4 is 5.32 Å². The lowest BCUT2D eigenvalue weighted by Crippen LogP contribution is -2.22. The zero-order valence-electron chi connectivity index (χ0n) is 14.9. The third kappa shape index (κ3) is 3.72. The Hall–Kier alpha value is -3.48. The topological polar surface area (TPSA) is 96.7 Å². The van der Waals surface area contributed by atoms with E-state index >= 15 is 0 Å². The van der Waals surface area contributed by atoms with Gasteiger partial charge in [0.25, 0.3) is 5.91 Å². The zero-order valence-corrected chi connectivity index (χ0v) is 14.9. The van der Waals surface area contributed by atoms with Gasteiger partial charge in [0, 0.05) is 17.8 Å². The molecule has 3 heterocycles. The Morgan fingerprint density at radius 2 is 2.15 bits per heavy atom. The smallest absolute Gasteiger partial charge is 0.251 e. The summed E-state index contributed by atoms with van der Waals surface area (Å²) < 4.78 is 5.24. The summed E-state index contributed by atoms with van der Waals surface area (Å²) >= 11 is 0. The van der Waals surface area contributed by atoms with Gasteiger partial charge >= 0.3 is 0 Å². The highest BCUT2D eigenvalue weighted by molar-refractivity contribution is 5.97. The molecule has 0 saturated heterocycles. The Morgan fingerprint density at radius 3 is 2.96 bits per heavy atom. The number of nitrogens with zero attached hydrogens (tertiary/aromatic N) is 3. The second-order valence-electron chi connectivity index (χ2n) is 6.25. The first-order valence-corrected chi connectivity index (χ1v) is 8.87. The molecule has 0 radical (unpaired) electrons. The molecule has 0 fully saturated rings. The highest BCUT2D eigenvalue weighted by atomic mass is 16.5. The number of aromatic amines is 1. The average molecular weight is 361 g/mol. The maximum Gasteiger partial charge on any atom is 0.251 e. The highest BCUT2D eigenvalue weighted by Crippen LogP contribution is 2.19. The first-order chi connectivity index (χ1) is 13.2. The molecule has 4 rings (SSSR count). The number of pyridine rings is 1. The molecule has 0 atom stereocenters. The summed E-state index contributed by atoms with van der Waals surface area (Å²) in [4.78, 5) is 24.5. The summed E-state index contributed by atoms with van der Waals surface area (Å²) in [5.41, 5.74) is 3.78. The normalized spacial score (nSPS) is 11.0. The number of nitrogens with one attached hydrogen (secondary N) is 2. The van der Waals surface area contributed by atoms with E-state index in [4.69, 9.17) is 4.52 Å². The third-order valence-electron chi connectivity index (χ3n) is 4.19. The maximum atomic E-state index is 12.5. The molecule has 136 valence electrons. The number of aromatic nitrogens is 4. The van der Waals surface area contributed by atoms with Gasteiger partial charge in [-0.25, -0.2) is 4.98 Å². The summed E-state index contributed by atoms with van der Waals surface area (Å²) in [6.45, 7) is 2.39. The van der Waals surface area contributed by atoms with Crippen molar-refractivity contribution in [1.82, 2.24) is 25.4 Å². The number of hydrogen-bond acceptors (Lipinski definition) is 5. The van der Waals surface area contributed by atoms with Crippen LogP contribution in [-0.4, -0.2) is 26.0 Å². The Labute approximate surface area is 155 Å². The van der Waals surface area contributed by atoms with Crippen LogP contribution in [-0.2, 0) is 13.0 Å². The lowest BCUT2D eigenvalue weighted by atomic mass is 10.2. The SMILES string of the molecule is CCCc1cc(CNC(=O)c2ccc3nc(-c4ccccn4)[nH]c3c2)on1. The number of fused-ring (bicyclic) bond motifs is 1. The minimum absolute atomic E-state index is 0.181. The molecule has 0 aliphatic rings. The van der Waals surface area contributed by atoms with Gasteiger partial charge in [0.15, 0.2) is 11.6 Å². The molecule has 0 aliphatic carbocycles. The van der Waals surface area contributed by atoms with Crippen molar-refractivity contribution in [3.05, 3.63) is 65.7 Å². The van der Waals surface area contributed by atoms with E-state index < -0.39 is 0 Å². The fourth-order valence-electron chi connectivity index (χ4n) is 2.86. The van der Waals surface area contributed by atoms with E-state index in [0.29, 0.717) is 23.7 Å². The summed E-state index contributed by atoms with van der Waals surface area (Å²) in [6, 6.07) is 12.9. The molecule has 0 aliphatic heterocycles.